The van der Waals surface area contributed by atoms with Gasteiger partial charge < -0.3 is 14.9 Å². The number of amides is 2. The molecule has 2 amide bonds. The lowest BCUT2D eigenvalue weighted by molar-refractivity contribution is -0.384. The van der Waals surface area contributed by atoms with E-state index in [0.29, 0.717) is 5.06 Å². The molecule has 0 atom stereocenters. The van der Waals surface area contributed by atoms with Crippen molar-refractivity contribution >= 4 is 17.9 Å². The van der Waals surface area contributed by atoms with Crippen LogP contribution in [0.5, 0.6) is 5.75 Å². The third-order valence-electron chi connectivity index (χ3n) is 1.93. The van der Waals surface area contributed by atoms with Gasteiger partial charge in [-0.3, -0.25) is 10.1 Å². The first-order valence-corrected chi connectivity index (χ1v) is 5.03. The third kappa shape index (κ3) is 4.15. The molecule has 0 saturated carbocycles. The Labute approximate surface area is 107 Å². The van der Waals surface area contributed by atoms with Gasteiger partial charge in [-0.05, 0) is 12.1 Å². The van der Waals surface area contributed by atoms with Crippen LogP contribution in [0.25, 0.3) is 0 Å². The second kappa shape index (κ2) is 6.19. The minimum Gasteiger partial charge on any atom is -0.408 e. The smallest absolute Gasteiger partial charge is 0.408 e. The van der Waals surface area contributed by atoms with Gasteiger partial charge in [0.25, 0.3) is 5.69 Å². The molecule has 102 valence electrons. The van der Waals surface area contributed by atoms with E-state index in [-0.39, 0.29) is 11.4 Å². The summed E-state index contributed by atoms with van der Waals surface area (Å²) in [4.78, 5) is 36.6. The van der Waals surface area contributed by atoms with Crippen LogP contribution in [0, 0.1) is 10.1 Å². The number of nitro benzene ring substituents is 1. The minimum atomic E-state index is -0.947. The Balaban J connectivity index is 2.61. The number of hydrogen-bond acceptors (Lipinski definition) is 6. The number of nitrogens with one attached hydrogen (secondary N) is 1. The van der Waals surface area contributed by atoms with E-state index in [1.165, 1.54) is 38.4 Å². The maximum absolute atomic E-state index is 11.4. The van der Waals surface area contributed by atoms with E-state index in [0.717, 1.165) is 0 Å². The first-order valence-electron chi connectivity index (χ1n) is 5.03. The van der Waals surface area contributed by atoms with Crippen molar-refractivity contribution in [3.63, 3.8) is 0 Å². The molecule has 9 nitrogen and oxygen atoms in total. The van der Waals surface area contributed by atoms with Gasteiger partial charge in [0, 0.05) is 19.2 Å². The minimum absolute atomic E-state index is 0.0861. The lowest BCUT2D eigenvalue weighted by Gasteiger charge is -2.15. The van der Waals surface area contributed by atoms with Crippen LogP contribution in [-0.2, 0) is 4.84 Å². The second-order valence-electron chi connectivity index (χ2n) is 3.25. The SMILES string of the molecule is CNC(=O)ON(C)C(=O)Oc1ccc([N+](=O)[O-])cc1. The van der Waals surface area contributed by atoms with E-state index < -0.39 is 17.1 Å². The lowest BCUT2D eigenvalue weighted by Crippen LogP contribution is -2.35. The molecule has 1 aromatic rings. The molecule has 1 aromatic carbocycles. The van der Waals surface area contributed by atoms with Crippen LogP contribution in [0.2, 0.25) is 0 Å². The van der Waals surface area contributed by atoms with E-state index in [1.807, 2.05) is 0 Å². The first-order chi connectivity index (χ1) is 8.93. The Morgan fingerprint density at radius 2 is 1.89 bits per heavy atom. The van der Waals surface area contributed by atoms with Crippen LogP contribution >= 0.6 is 0 Å². The number of nitro groups is 1. The predicted octanol–water partition coefficient (Wildman–Crippen LogP) is 1.30. The summed E-state index contributed by atoms with van der Waals surface area (Å²) in [5.41, 5.74) is -0.130. The summed E-state index contributed by atoms with van der Waals surface area (Å²) in [7, 11) is 2.51. The number of hydrogen-bond donors (Lipinski definition) is 1. The van der Waals surface area contributed by atoms with E-state index in [1.54, 1.807) is 0 Å². The van der Waals surface area contributed by atoms with Crippen molar-refractivity contribution in [3.05, 3.63) is 34.4 Å². The van der Waals surface area contributed by atoms with Gasteiger partial charge >= 0.3 is 12.2 Å². The summed E-state index contributed by atoms with van der Waals surface area (Å²) in [6.45, 7) is 0. The maximum atomic E-state index is 11.4. The van der Waals surface area contributed by atoms with E-state index in [2.05, 4.69) is 10.2 Å². The van der Waals surface area contributed by atoms with E-state index >= 15 is 0 Å². The third-order valence-corrected chi connectivity index (χ3v) is 1.93. The van der Waals surface area contributed by atoms with Crippen LogP contribution in [0.3, 0.4) is 0 Å². The van der Waals surface area contributed by atoms with Gasteiger partial charge in [0.2, 0.25) is 0 Å². The summed E-state index contributed by atoms with van der Waals surface area (Å²) in [6, 6.07) is 4.87. The highest BCUT2D eigenvalue weighted by molar-refractivity contribution is 5.73. The number of rotatable bonds is 2. The Bertz CT molecular complexity index is 487. The predicted molar refractivity (Wildman–Crippen MR) is 62.4 cm³/mol. The monoisotopic (exact) mass is 269 g/mol. The molecule has 0 heterocycles. The molecule has 0 aromatic heterocycles. The van der Waals surface area contributed by atoms with Crippen molar-refractivity contribution in [3.8, 4) is 5.75 Å². The van der Waals surface area contributed by atoms with Gasteiger partial charge in [0.1, 0.15) is 5.75 Å². The quantitative estimate of drug-likeness (QED) is 0.639. The number of carbonyl (C=O) groups excluding carboxylic acids is 2. The standard InChI is InChI=1S/C10H11N3O6/c1-11-9(14)19-12(2)10(15)18-8-5-3-7(4-6-8)13(16)17/h3-6H,1-2H3,(H,11,14). The van der Waals surface area contributed by atoms with Gasteiger partial charge in [-0.15, -0.1) is 5.06 Å². The van der Waals surface area contributed by atoms with Crippen molar-refractivity contribution in [2.75, 3.05) is 14.1 Å². The van der Waals surface area contributed by atoms with Crippen molar-refractivity contribution < 1.29 is 24.1 Å². The average molecular weight is 269 g/mol. The summed E-state index contributed by atoms with van der Waals surface area (Å²) >= 11 is 0. The van der Waals surface area contributed by atoms with Crippen LogP contribution < -0.4 is 10.1 Å². The molecule has 19 heavy (non-hydrogen) atoms. The fraction of sp³-hybridized carbons (Fsp3) is 0.200. The highest BCUT2D eigenvalue weighted by atomic mass is 16.8. The van der Waals surface area contributed by atoms with Crippen LogP contribution in [0.1, 0.15) is 0 Å². The molecule has 0 bridgehead atoms. The van der Waals surface area contributed by atoms with Gasteiger partial charge in [0.05, 0.1) is 12.0 Å². The second-order valence-corrected chi connectivity index (χ2v) is 3.25. The molecule has 0 spiro atoms. The van der Waals surface area contributed by atoms with Crippen molar-refractivity contribution in [1.29, 1.82) is 0 Å². The molecule has 0 saturated heterocycles. The Morgan fingerprint density at radius 3 is 2.37 bits per heavy atom. The van der Waals surface area contributed by atoms with Crippen LogP contribution in [0.15, 0.2) is 24.3 Å². The first kappa shape index (κ1) is 14.2. The van der Waals surface area contributed by atoms with Crippen LogP contribution in [0.4, 0.5) is 15.3 Å². The molecule has 0 radical (unpaired) electrons. The summed E-state index contributed by atoms with van der Waals surface area (Å²) in [6.07, 6.45) is -1.78. The molecule has 1 N–H and O–H groups in total. The molecule has 0 aliphatic rings. The fourth-order valence-electron chi connectivity index (χ4n) is 1.01. The number of carbonyl (C=O) groups is 2. The van der Waals surface area contributed by atoms with Crippen LogP contribution in [-0.4, -0.2) is 36.3 Å². The molecule has 0 fully saturated rings. The Morgan fingerprint density at radius 1 is 1.32 bits per heavy atom. The molecule has 0 aliphatic carbocycles. The van der Waals surface area contributed by atoms with Gasteiger partial charge in [-0.1, -0.05) is 0 Å². The Kier molecular flexibility index (Phi) is 4.63. The zero-order valence-corrected chi connectivity index (χ0v) is 10.2. The highest BCUT2D eigenvalue weighted by Crippen LogP contribution is 2.17. The molecule has 1 rings (SSSR count). The topological polar surface area (TPSA) is 111 Å². The number of ether oxygens (including phenoxy) is 1. The largest absolute Gasteiger partial charge is 0.448 e. The molecule has 0 aliphatic heterocycles. The molecule has 0 unspecified atom stereocenters. The highest BCUT2D eigenvalue weighted by Gasteiger charge is 2.16. The normalized spacial score (nSPS) is 9.37. The average Bonchev–Trinajstić information content (AvgIpc) is 2.38. The zero-order valence-electron chi connectivity index (χ0n) is 10.2. The number of benzene rings is 1. The lowest BCUT2D eigenvalue weighted by atomic mass is 10.3. The van der Waals surface area contributed by atoms with Gasteiger partial charge in [-0.25, -0.2) is 9.59 Å². The molecular weight excluding hydrogens is 258 g/mol. The number of nitrogens with zero attached hydrogens (tertiary/aromatic N) is 2. The molecular formula is C10H11N3O6. The van der Waals surface area contributed by atoms with Crippen molar-refractivity contribution in [1.82, 2.24) is 10.4 Å². The maximum Gasteiger partial charge on any atom is 0.448 e. The zero-order chi connectivity index (χ0) is 14.4. The Hall–Kier alpha value is -2.84. The van der Waals surface area contributed by atoms with E-state index in [9.17, 15) is 19.7 Å². The summed E-state index contributed by atoms with van der Waals surface area (Å²) in [5.74, 6) is 0.0861. The van der Waals surface area contributed by atoms with Gasteiger partial charge in [-0.2, -0.15) is 0 Å². The summed E-state index contributed by atoms with van der Waals surface area (Å²) < 4.78 is 4.82. The van der Waals surface area contributed by atoms with E-state index in [4.69, 9.17) is 4.74 Å². The van der Waals surface area contributed by atoms with Crippen molar-refractivity contribution in [2.45, 2.75) is 0 Å². The number of hydroxylamine groups is 2. The van der Waals surface area contributed by atoms with Crippen molar-refractivity contribution in [2.24, 2.45) is 0 Å². The summed E-state index contributed by atoms with van der Waals surface area (Å²) in [5, 5.41) is 13.2. The fourth-order valence-corrected chi connectivity index (χ4v) is 1.01. The van der Waals surface area contributed by atoms with Gasteiger partial charge in [0.15, 0.2) is 0 Å². The molecule has 9 heteroatoms. The number of non-ortho nitro benzene ring substituents is 1.